The van der Waals surface area contributed by atoms with Gasteiger partial charge < -0.3 is 9.73 Å². The first kappa shape index (κ1) is 11.9. The smallest absolute Gasteiger partial charge is 0.120 e. The van der Waals surface area contributed by atoms with E-state index in [9.17, 15) is 0 Å². The van der Waals surface area contributed by atoms with Crippen LogP contribution in [0.4, 0.5) is 0 Å². The van der Waals surface area contributed by atoms with Crippen LogP contribution < -0.4 is 5.32 Å². The van der Waals surface area contributed by atoms with Gasteiger partial charge in [0.1, 0.15) is 5.76 Å². The van der Waals surface area contributed by atoms with Crippen LogP contribution in [0.15, 0.2) is 59.5 Å². The number of hydrogen-bond donors (Lipinski definition) is 1. The molecular formula is C16H16N2O. The fourth-order valence-electron chi connectivity index (χ4n) is 2.15. The molecule has 3 heteroatoms. The summed E-state index contributed by atoms with van der Waals surface area (Å²) in [6, 6.07) is 12.6. The van der Waals surface area contributed by atoms with Crippen LogP contribution in [0.3, 0.4) is 0 Å². The maximum Gasteiger partial charge on any atom is 0.120 e. The van der Waals surface area contributed by atoms with Crippen molar-refractivity contribution in [2.45, 2.75) is 19.5 Å². The molecule has 2 aromatic heterocycles. The largest absolute Gasteiger partial charge is 0.468 e. The highest BCUT2D eigenvalue weighted by molar-refractivity contribution is 5.81. The molecule has 3 aromatic rings. The molecule has 0 fully saturated rings. The van der Waals surface area contributed by atoms with Crippen molar-refractivity contribution in [3.05, 3.63) is 66.4 Å². The average molecular weight is 252 g/mol. The predicted octanol–water partition coefficient (Wildman–Crippen LogP) is 3.68. The minimum Gasteiger partial charge on any atom is -0.468 e. The zero-order chi connectivity index (χ0) is 13.1. The molecule has 0 amide bonds. The van der Waals surface area contributed by atoms with Crippen molar-refractivity contribution in [3.63, 3.8) is 0 Å². The highest BCUT2D eigenvalue weighted by Crippen LogP contribution is 2.16. The molecule has 0 saturated carbocycles. The zero-order valence-corrected chi connectivity index (χ0v) is 10.8. The van der Waals surface area contributed by atoms with Crippen molar-refractivity contribution in [2.75, 3.05) is 0 Å². The predicted molar refractivity (Wildman–Crippen MR) is 75.7 cm³/mol. The molecule has 0 aliphatic heterocycles. The van der Waals surface area contributed by atoms with Gasteiger partial charge in [-0.3, -0.25) is 4.98 Å². The zero-order valence-electron chi connectivity index (χ0n) is 10.8. The second kappa shape index (κ2) is 5.24. The minimum atomic E-state index is 0.211. The Morgan fingerprint density at radius 1 is 1.21 bits per heavy atom. The number of nitrogens with zero attached hydrogens (tertiary/aromatic N) is 1. The van der Waals surface area contributed by atoms with Gasteiger partial charge in [-0.05, 0) is 42.1 Å². The van der Waals surface area contributed by atoms with Gasteiger partial charge in [0.15, 0.2) is 0 Å². The van der Waals surface area contributed by atoms with Crippen molar-refractivity contribution >= 4 is 10.8 Å². The van der Waals surface area contributed by atoms with Gasteiger partial charge >= 0.3 is 0 Å². The highest BCUT2D eigenvalue weighted by Gasteiger charge is 2.07. The Bertz CT molecular complexity index is 661. The van der Waals surface area contributed by atoms with Gasteiger partial charge in [0.2, 0.25) is 0 Å². The molecule has 0 bridgehead atoms. The molecule has 1 unspecified atom stereocenters. The number of pyridine rings is 1. The molecule has 3 rings (SSSR count). The second-order valence-corrected chi connectivity index (χ2v) is 4.68. The summed E-state index contributed by atoms with van der Waals surface area (Å²) >= 11 is 0. The lowest BCUT2D eigenvalue weighted by Gasteiger charge is -2.11. The van der Waals surface area contributed by atoms with E-state index in [1.54, 1.807) is 6.26 Å². The highest BCUT2D eigenvalue weighted by atomic mass is 16.3. The third-order valence-corrected chi connectivity index (χ3v) is 3.29. The number of rotatable bonds is 4. The number of benzene rings is 1. The van der Waals surface area contributed by atoms with E-state index in [-0.39, 0.29) is 6.04 Å². The van der Waals surface area contributed by atoms with Gasteiger partial charge in [-0.1, -0.05) is 12.1 Å². The Morgan fingerprint density at radius 3 is 3.00 bits per heavy atom. The molecule has 3 nitrogen and oxygen atoms in total. The van der Waals surface area contributed by atoms with E-state index in [4.69, 9.17) is 4.42 Å². The fourth-order valence-corrected chi connectivity index (χ4v) is 2.15. The first-order chi connectivity index (χ1) is 9.33. The van der Waals surface area contributed by atoms with Crippen LogP contribution >= 0.6 is 0 Å². The van der Waals surface area contributed by atoms with Crippen molar-refractivity contribution in [3.8, 4) is 0 Å². The first-order valence-electron chi connectivity index (χ1n) is 6.42. The normalized spacial score (nSPS) is 12.7. The van der Waals surface area contributed by atoms with Gasteiger partial charge in [-0.25, -0.2) is 0 Å². The lowest BCUT2D eigenvalue weighted by atomic mass is 10.1. The van der Waals surface area contributed by atoms with E-state index in [0.29, 0.717) is 0 Å². The number of furan rings is 1. The second-order valence-electron chi connectivity index (χ2n) is 4.68. The minimum absolute atomic E-state index is 0.211. The summed E-state index contributed by atoms with van der Waals surface area (Å²) < 4.78 is 5.38. The number of fused-ring (bicyclic) bond motifs is 1. The van der Waals surface area contributed by atoms with Crippen LogP contribution in [0.1, 0.15) is 24.3 Å². The Morgan fingerprint density at radius 2 is 2.16 bits per heavy atom. The van der Waals surface area contributed by atoms with Crippen molar-refractivity contribution in [1.82, 2.24) is 10.3 Å². The number of hydrogen-bond acceptors (Lipinski definition) is 3. The number of aromatic nitrogens is 1. The third kappa shape index (κ3) is 2.66. The van der Waals surface area contributed by atoms with E-state index in [2.05, 4.69) is 35.4 Å². The molecule has 0 radical (unpaired) electrons. The summed E-state index contributed by atoms with van der Waals surface area (Å²) in [5.74, 6) is 0.963. The Labute approximate surface area is 112 Å². The standard InChI is InChI=1S/C16H16N2O/c1-12(16-3-2-8-19-16)18-10-13-4-5-15-11-17-7-6-14(15)9-13/h2-9,11-12,18H,10H2,1H3. The molecule has 2 heterocycles. The Balaban J connectivity index is 1.71. The van der Waals surface area contributed by atoms with Crippen molar-refractivity contribution in [1.29, 1.82) is 0 Å². The van der Waals surface area contributed by atoms with Crippen LogP contribution in [0, 0.1) is 0 Å². The lowest BCUT2D eigenvalue weighted by Crippen LogP contribution is -2.17. The van der Waals surface area contributed by atoms with Crippen molar-refractivity contribution < 1.29 is 4.42 Å². The van der Waals surface area contributed by atoms with Crippen molar-refractivity contribution in [2.24, 2.45) is 0 Å². The van der Waals surface area contributed by atoms with E-state index in [1.165, 1.54) is 16.3 Å². The van der Waals surface area contributed by atoms with Gasteiger partial charge in [-0.15, -0.1) is 0 Å². The summed E-state index contributed by atoms with van der Waals surface area (Å²) in [6.45, 7) is 2.92. The molecule has 1 aromatic carbocycles. The summed E-state index contributed by atoms with van der Waals surface area (Å²) in [5.41, 5.74) is 1.26. The van der Waals surface area contributed by atoms with Gasteiger partial charge in [0.25, 0.3) is 0 Å². The van der Waals surface area contributed by atoms with Crippen LogP contribution in [0.5, 0.6) is 0 Å². The molecule has 19 heavy (non-hydrogen) atoms. The van der Waals surface area contributed by atoms with E-state index >= 15 is 0 Å². The molecule has 1 N–H and O–H groups in total. The van der Waals surface area contributed by atoms with E-state index in [0.717, 1.165) is 12.3 Å². The van der Waals surface area contributed by atoms with Crippen LogP contribution in [0.2, 0.25) is 0 Å². The fraction of sp³-hybridized carbons (Fsp3) is 0.188. The molecular weight excluding hydrogens is 236 g/mol. The van der Waals surface area contributed by atoms with Gasteiger partial charge in [0, 0.05) is 24.3 Å². The van der Waals surface area contributed by atoms with Crippen LogP contribution in [-0.4, -0.2) is 4.98 Å². The molecule has 0 spiro atoms. The first-order valence-corrected chi connectivity index (χ1v) is 6.42. The summed E-state index contributed by atoms with van der Waals surface area (Å²) in [4.78, 5) is 4.12. The van der Waals surface area contributed by atoms with Crippen LogP contribution in [-0.2, 0) is 6.54 Å². The number of nitrogens with one attached hydrogen (secondary N) is 1. The quantitative estimate of drug-likeness (QED) is 0.769. The summed E-state index contributed by atoms with van der Waals surface area (Å²) in [6.07, 6.45) is 5.42. The van der Waals surface area contributed by atoms with E-state index in [1.807, 2.05) is 30.6 Å². The molecule has 0 saturated heterocycles. The van der Waals surface area contributed by atoms with E-state index < -0.39 is 0 Å². The monoisotopic (exact) mass is 252 g/mol. The maximum atomic E-state index is 5.38. The Kier molecular flexibility index (Phi) is 3.29. The lowest BCUT2D eigenvalue weighted by molar-refractivity contribution is 0.430. The molecule has 96 valence electrons. The maximum absolute atomic E-state index is 5.38. The molecule has 0 aliphatic carbocycles. The SMILES string of the molecule is CC(NCc1ccc2cnccc2c1)c1ccco1. The average Bonchev–Trinajstić information content (AvgIpc) is 2.99. The Hall–Kier alpha value is -2.13. The summed E-state index contributed by atoms with van der Waals surface area (Å²) in [5, 5.41) is 5.85. The molecule has 0 aliphatic rings. The molecule has 1 atom stereocenters. The van der Waals surface area contributed by atoms with Gasteiger partial charge in [-0.2, -0.15) is 0 Å². The van der Waals surface area contributed by atoms with Gasteiger partial charge in [0.05, 0.1) is 12.3 Å². The summed E-state index contributed by atoms with van der Waals surface area (Å²) in [7, 11) is 0. The van der Waals surface area contributed by atoms with Crippen LogP contribution in [0.25, 0.3) is 10.8 Å². The third-order valence-electron chi connectivity index (χ3n) is 3.29. The topological polar surface area (TPSA) is 38.1 Å².